The van der Waals surface area contributed by atoms with Crippen molar-refractivity contribution >= 4 is 25.2 Å². The van der Waals surface area contributed by atoms with Gasteiger partial charge in [0.15, 0.2) is 17.3 Å². The van der Waals surface area contributed by atoms with Crippen LogP contribution in [0.15, 0.2) is 37.6 Å². The Morgan fingerprint density at radius 3 is 1.22 bits per heavy atom. The molecule has 3 heterocycles. The van der Waals surface area contributed by atoms with E-state index in [1.54, 1.807) is 0 Å². The number of nitrogens with one attached hydrogen (secondary N) is 3. The Morgan fingerprint density at radius 2 is 0.969 bits per heavy atom. The van der Waals surface area contributed by atoms with Gasteiger partial charge in [0.2, 0.25) is 0 Å². The number of H-pyrrole nitrogens is 3. The topological polar surface area (TPSA) is 182 Å². The fraction of sp³-hybridized carbons (Fsp3) is 0.333. The molecule has 0 bridgehead atoms. The van der Waals surface area contributed by atoms with Crippen molar-refractivity contribution in [3.8, 4) is 0 Å². The molecule has 3 aromatic rings. The lowest BCUT2D eigenvalue weighted by molar-refractivity contribution is -0.122. The van der Waals surface area contributed by atoms with Gasteiger partial charge in [-0.15, -0.1) is 0 Å². The first-order chi connectivity index (χ1) is 15.4. The number of phosphoric ester groups is 1. The molecule has 170 valence electrons. The molecule has 0 saturated heterocycles. The van der Waals surface area contributed by atoms with E-state index in [-0.39, 0.29) is 19.3 Å². The van der Waals surface area contributed by atoms with Crippen LogP contribution in [0.4, 0.5) is 0 Å². The molecule has 0 atom stereocenters. The van der Waals surface area contributed by atoms with E-state index in [0.717, 1.165) is 0 Å². The number of carbonyl (C=O) groups is 3. The molecule has 0 aliphatic carbocycles. The summed E-state index contributed by atoms with van der Waals surface area (Å²) >= 11 is 0. The number of phosphoric acid groups is 1. The molecule has 0 aromatic carbocycles. The summed E-state index contributed by atoms with van der Waals surface area (Å²) in [6.45, 7) is -1.86. The van der Waals surface area contributed by atoms with Crippen LogP contribution in [0.25, 0.3) is 0 Å². The molecule has 13 nitrogen and oxygen atoms in total. The van der Waals surface area contributed by atoms with Crippen molar-refractivity contribution in [3.05, 3.63) is 54.7 Å². The Balaban J connectivity index is 1.54. The normalized spacial score (nSPS) is 11.5. The second kappa shape index (κ2) is 11.4. The van der Waals surface area contributed by atoms with Crippen LogP contribution in [0, 0.1) is 0 Å². The average Bonchev–Trinajstić information content (AvgIpc) is 3.54. The zero-order chi connectivity index (χ0) is 22.8. The third kappa shape index (κ3) is 7.78. The summed E-state index contributed by atoms with van der Waals surface area (Å²) in [4.78, 5) is 56.2. The van der Waals surface area contributed by atoms with Gasteiger partial charge in [-0.25, -0.2) is 19.5 Å². The van der Waals surface area contributed by atoms with E-state index in [1.165, 1.54) is 37.6 Å². The summed E-state index contributed by atoms with van der Waals surface area (Å²) in [5, 5.41) is 0. The molecule has 3 aromatic heterocycles. The lowest BCUT2D eigenvalue weighted by Gasteiger charge is -2.17. The minimum absolute atomic E-state index is 0.0698. The zero-order valence-corrected chi connectivity index (χ0v) is 17.7. The molecule has 0 aliphatic rings. The number of nitrogens with zero attached hydrogens (tertiary/aromatic N) is 3. The molecule has 32 heavy (non-hydrogen) atoms. The van der Waals surface area contributed by atoms with Crippen molar-refractivity contribution in [3.63, 3.8) is 0 Å². The Kier molecular flexibility index (Phi) is 8.34. The summed E-state index contributed by atoms with van der Waals surface area (Å²) in [6, 6.07) is 0. The lowest BCUT2D eigenvalue weighted by Crippen LogP contribution is -2.18. The van der Waals surface area contributed by atoms with Crippen LogP contribution in [0.2, 0.25) is 0 Å². The quantitative estimate of drug-likeness (QED) is 0.271. The van der Waals surface area contributed by atoms with Gasteiger partial charge in [-0.1, -0.05) is 0 Å². The van der Waals surface area contributed by atoms with Gasteiger partial charge in [-0.3, -0.25) is 28.0 Å². The Morgan fingerprint density at radius 1 is 0.656 bits per heavy atom. The fourth-order valence-electron chi connectivity index (χ4n) is 2.49. The highest BCUT2D eigenvalue weighted by molar-refractivity contribution is 7.48. The largest absolute Gasteiger partial charge is 0.476 e. The van der Waals surface area contributed by atoms with E-state index in [0.29, 0.717) is 17.1 Å². The Labute approximate surface area is 181 Å². The van der Waals surface area contributed by atoms with Crippen molar-refractivity contribution in [1.82, 2.24) is 29.9 Å². The van der Waals surface area contributed by atoms with Crippen molar-refractivity contribution in [2.24, 2.45) is 0 Å². The Bertz CT molecular complexity index is 916. The SMILES string of the molecule is O=C(COP(=O)(OCC(=O)Cc1c[nH]cn1)OCC(=O)Cc1c[nH]cn1)Cc1c[nH]cn1. The summed E-state index contributed by atoms with van der Waals surface area (Å²) in [5.74, 6) is -1.35. The first-order valence-corrected chi connectivity index (χ1v) is 10.9. The van der Waals surface area contributed by atoms with Gasteiger partial charge in [0.05, 0.1) is 55.3 Å². The van der Waals surface area contributed by atoms with Crippen LogP contribution >= 0.6 is 7.82 Å². The maximum Gasteiger partial charge on any atom is 0.476 e. The molecule has 3 rings (SSSR count). The number of Topliss-reactive ketones (excluding diaryl/α,β-unsaturated/α-hetero) is 3. The molecule has 0 amide bonds. The summed E-state index contributed by atoms with van der Waals surface area (Å²) < 4.78 is 28.2. The van der Waals surface area contributed by atoms with E-state index in [9.17, 15) is 18.9 Å². The van der Waals surface area contributed by atoms with Crippen LogP contribution in [0.5, 0.6) is 0 Å². The molecule has 3 N–H and O–H groups in total. The van der Waals surface area contributed by atoms with Gasteiger partial charge in [0.25, 0.3) is 0 Å². The maximum absolute atomic E-state index is 12.9. The van der Waals surface area contributed by atoms with E-state index in [4.69, 9.17) is 13.6 Å². The first kappa shape index (κ1) is 23.4. The van der Waals surface area contributed by atoms with Crippen molar-refractivity contribution < 1.29 is 32.5 Å². The number of rotatable bonds is 15. The molecular formula is C18H21N6O7P. The van der Waals surface area contributed by atoms with E-state index in [1.807, 2.05) is 0 Å². The molecule has 0 spiro atoms. The number of ketones is 3. The van der Waals surface area contributed by atoms with Gasteiger partial charge >= 0.3 is 7.82 Å². The van der Waals surface area contributed by atoms with Gasteiger partial charge in [0.1, 0.15) is 19.8 Å². The number of hydrogen-bond acceptors (Lipinski definition) is 10. The molecular weight excluding hydrogens is 443 g/mol. The number of aromatic nitrogens is 6. The average molecular weight is 464 g/mol. The minimum Gasteiger partial charge on any atom is -0.351 e. The molecule has 14 heteroatoms. The molecule has 0 unspecified atom stereocenters. The van der Waals surface area contributed by atoms with Crippen LogP contribution in [0.1, 0.15) is 17.1 Å². The molecule has 0 fully saturated rings. The van der Waals surface area contributed by atoms with Crippen LogP contribution in [0.3, 0.4) is 0 Å². The van der Waals surface area contributed by atoms with Crippen LogP contribution in [-0.4, -0.2) is 67.1 Å². The van der Waals surface area contributed by atoms with E-state index in [2.05, 4.69) is 29.9 Å². The van der Waals surface area contributed by atoms with Gasteiger partial charge in [-0.05, 0) is 0 Å². The maximum atomic E-state index is 12.9. The summed E-state index contributed by atoms with van der Waals surface area (Å²) in [5.41, 5.74) is 1.41. The fourth-order valence-corrected chi connectivity index (χ4v) is 3.62. The zero-order valence-electron chi connectivity index (χ0n) is 16.9. The van der Waals surface area contributed by atoms with Gasteiger partial charge in [0, 0.05) is 18.6 Å². The number of carbonyl (C=O) groups excluding carboxylic acids is 3. The van der Waals surface area contributed by atoms with Crippen LogP contribution < -0.4 is 0 Å². The lowest BCUT2D eigenvalue weighted by atomic mass is 10.2. The van der Waals surface area contributed by atoms with Gasteiger partial charge < -0.3 is 15.0 Å². The highest BCUT2D eigenvalue weighted by Crippen LogP contribution is 2.49. The Hall–Kier alpha value is -3.25. The van der Waals surface area contributed by atoms with Crippen LogP contribution in [-0.2, 0) is 51.8 Å². The number of hydrogen-bond donors (Lipinski definition) is 3. The highest BCUT2D eigenvalue weighted by Gasteiger charge is 2.30. The first-order valence-electron chi connectivity index (χ1n) is 9.43. The third-order valence-corrected chi connectivity index (χ3v) is 5.29. The smallest absolute Gasteiger partial charge is 0.351 e. The molecule has 0 saturated carbocycles. The third-order valence-electron chi connectivity index (χ3n) is 3.95. The van der Waals surface area contributed by atoms with E-state index < -0.39 is 45.0 Å². The summed E-state index contributed by atoms with van der Waals surface area (Å²) in [6.07, 6.45) is 8.63. The predicted octanol–water partition coefficient (Wildman–Crippen LogP) is 0.749. The monoisotopic (exact) mass is 464 g/mol. The highest BCUT2D eigenvalue weighted by atomic mass is 31.2. The van der Waals surface area contributed by atoms with Gasteiger partial charge in [-0.2, -0.15) is 0 Å². The predicted molar refractivity (Wildman–Crippen MR) is 107 cm³/mol. The number of imidazole rings is 3. The number of aromatic amines is 3. The summed E-state index contributed by atoms with van der Waals surface area (Å²) in [7, 11) is -4.40. The molecule has 0 aliphatic heterocycles. The minimum atomic E-state index is -4.40. The van der Waals surface area contributed by atoms with Crippen molar-refractivity contribution in [2.75, 3.05) is 19.8 Å². The van der Waals surface area contributed by atoms with Crippen molar-refractivity contribution in [1.29, 1.82) is 0 Å². The van der Waals surface area contributed by atoms with Crippen molar-refractivity contribution in [2.45, 2.75) is 19.3 Å². The standard InChI is InChI=1S/C18H21N6O7P/c25-16(1-13-4-19-10-22-13)7-29-32(28,30-8-17(26)2-14-5-20-11-23-14)31-9-18(27)3-15-6-21-12-24-15/h4-6,10-12H,1-3,7-9H2,(H,19,22)(H,20,23)(H,21,24). The second-order valence-corrected chi connectivity index (χ2v) is 8.26. The molecule has 0 radical (unpaired) electrons. The van der Waals surface area contributed by atoms with E-state index >= 15 is 0 Å². The second-order valence-electron chi connectivity index (χ2n) is 6.60.